The Morgan fingerprint density at radius 1 is 1.37 bits per heavy atom. The topological polar surface area (TPSA) is 77.2 Å². The van der Waals surface area contributed by atoms with Crippen LogP contribution in [0.3, 0.4) is 0 Å². The van der Waals surface area contributed by atoms with Gasteiger partial charge >= 0.3 is 0 Å². The molecule has 0 aliphatic rings. The predicted molar refractivity (Wildman–Crippen MR) is 67.6 cm³/mol. The molecule has 1 heterocycles. The molecule has 0 aliphatic carbocycles. The summed E-state index contributed by atoms with van der Waals surface area (Å²) in [7, 11) is 0. The number of aryl methyl sites for hydroxylation is 2. The van der Waals surface area contributed by atoms with Gasteiger partial charge in [0, 0.05) is 0 Å². The third-order valence-electron chi connectivity index (χ3n) is 2.46. The van der Waals surface area contributed by atoms with Crippen LogP contribution in [0, 0.1) is 13.8 Å². The minimum atomic E-state index is -0.237. The molecule has 100 valence electrons. The maximum absolute atomic E-state index is 11.6. The Labute approximate surface area is 110 Å². The number of aromatic nitrogens is 2. The molecule has 2 aromatic rings. The monoisotopic (exact) mass is 261 g/mol. The summed E-state index contributed by atoms with van der Waals surface area (Å²) in [4.78, 5) is 15.6. The predicted octanol–water partition coefficient (Wildman–Crippen LogP) is 1.38. The zero-order chi connectivity index (χ0) is 13.7. The zero-order valence-electron chi connectivity index (χ0n) is 10.8. The van der Waals surface area contributed by atoms with Gasteiger partial charge in [0.05, 0.1) is 6.54 Å². The molecule has 0 bridgehead atoms. The van der Waals surface area contributed by atoms with E-state index in [0.717, 1.165) is 5.56 Å². The van der Waals surface area contributed by atoms with E-state index in [1.54, 1.807) is 6.92 Å². The molecule has 0 saturated carbocycles. The van der Waals surface area contributed by atoms with E-state index >= 15 is 0 Å². The van der Waals surface area contributed by atoms with E-state index in [-0.39, 0.29) is 19.1 Å². The number of carbonyl (C=O) groups is 1. The van der Waals surface area contributed by atoms with Crippen molar-refractivity contribution in [3.8, 4) is 5.75 Å². The molecule has 1 aromatic carbocycles. The van der Waals surface area contributed by atoms with Crippen molar-refractivity contribution in [2.24, 2.45) is 0 Å². The summed E-state index contributed by atoms with van der Waals surface area (Å²) in [6.07, 6.45) is 0. The van der Waals surface area contributed by atoms with Crippen molar-refractivity contribution < 1.29 is 14.1 Å². The second kappa shape index (κ2) is 5.99. The number of rotatable bonds is 5. The van der Waals surface area contributed by atoms with E-state index in [1.807, 2.05) is 31.2 Å². The van der Waals surface area contributed by atoms with Gasteiger partial charge in [-0.2, -0.15) is 4.98 Å². The minimum absolute atomic E-state index is 0.0437. The van der Waals surface area contributed by atoms with Crippen molar-refractivity contribution >= 4 is 5.91 Å². The van der Waals surface area contributed by atoms with Crippen LogP contribution in [0.1, 0.15) is 17.3 Å². The molecule has 0 radical (unpaired) electrons. The molecule has 1 aromatic heterocycles. The Balaban J connectivity index is 1.77. The molecule has 0 unspecified atom stereocenters. The van der Waals surface area contributed by atoms with E-state index in [1.165, 1.54) is 0 Å². The van der Waals surface area contributed by atoms with Crippen molar-refractivity contribution in [2.45, 2.75) is 20.4 Å². The molecule has 6 heteroatoms. The van der Waals surface area contributed by atoms with E-state index < -0.39 is 0 Å². The molecule has 0 atom stereocenters. The number of benzene rings is 1. The van der Waals surface area contributed by atoms with Gasteiger partial charge in [0.15, 0.2) is 12.4 Å². The summed E-state index contributed by atoms with van der Waals surface area (Å²) in [6.45, 7) is 3.80. The van der Waals surface area contributed by atoms with Gasteiger partial charge in [0.2, 0.25) is 5.89 Å². The maximum atomic E-state index is 11.6. The summed E-state index contributed by atoms with van der Waals surface area (Å²) < 4.78 is 10.3. The highest BCUT2D eigenvalue weighted by Gasteiger charge is 2.07. The molecule has 2 rings (SSSR count). The molecule has 19 heavy (non-hydrogen) atoms. The smallest absolute Gasteiger partial charge is 0.258 e. The van der Waals surface area contributed by atoms with Crippen LogP contribution in [0.25, 0.3) is 0 Å². The maximum Gasteiger partial charge on any atom is 0.258 e. The lowest BCUT2D eigenvalue weighted by Crippen LogP contribution is -2.28. The first-order valence-corrected chi connectivity index (χ1v) is 5.89. The van der Waals surface area contributed by atoms with E-state index in [2.05, 4.69) is 15.5 Å². The lowest BCUT2D eigenvalue weighted by atomic mass is 10.2. The molecule has 0 saturated heterocycles. The van der Waals surface area contributed by atoms with Gasteiger partial charge in [-0.1, -0.05) is 23.4 Å². The Kier molecular flexibility index (Phi) is 4.12. The molecule has 1 amide bonds. The minimum Gasteiger partial charge on any atom is -0.484 e. The molecular formula is C13H15N3O3. The average molecular weight is 261 g/mol. The first-order valence-electron chi connectivity index (χ1n) is 5.89. The van der Waals surface area contributed by atoms with Crippen LogP contribution >= 0.6 is 0 Å². The third-order valence-corrected chi connectivity index (χ3v) is 2.46. The first kappa shape index (κ1) is 13.1. The fraction of sp³-hybridized carbons (Fsp3) is 0.308. The quantitative estimate of drug-likeness (QED) is 0.879. The SMILES string of the molecule is Cc1noc(CNC(=O)COc2ccccc2C)n1. The van der Waals surface area contributed by atoms with Crippen LogP contribution < -0.4 is 10.1 Å². The normalized spacial score (nSPS) is 10.2. The lowest BCUT2D eigenvalue weighted by molar-refractivity contribution is -0.123. The summed E-state index contributed by atoms with van der Waals surface area (Å²) in [5.41, 5.74) is 0.989. The van der Waals surface area contributed by atoms with E-state index in [0.29, 0.717) is 17.5 Å². The summed E-state index contributed by atoms with van der Waals surface area (Å²) >= 11 is 0. The Bertz CT molecular complexity index is 566. The van der Waals surface area contributed by atoms with Crippen molar-refractivity contribution in [3.63, 3.8) is 0 Å². The summed E-state index contributed by atoms with van der Waals surface area (Å²) in [6, 6.07) is 7.53. The van der Waals surface area contributed by atoms with Crippen LogP contribution in [0.4, 0.5) is 0 Å². The molecule has 6 nitrogen and oxygen atoms in total. The summed E-state index contributed by atoms with van der Waals surface area (Å²) in [5.74, 6) is 1.38. The second-order valence-electron chi connectivity index (χ2n) is 4.07. The molecule has 0 aliphatic heterocycles. The van der Waals surface area contributed by atoms with Gasteiger partial charge in [0.25, 0.3) is 5.91 Å². The standard InChI is InChI=1S/C13H15N3O3/c1-9-5-3-4-6-11(9)18-8-12(17)14-7-13-15-10(2)16-19-13/h3-6H,7-8H2,1-2H3,(H,14,17). The highest BCUT2D eigenvalue weighted by Crippen LogP contribution is 2.15. The van der Waals surface area contributed by atoms with Gasteiger partial charge < -0.3 is 14.6 Å². The Morgan fingerprint density at radius 3 is 2.84 bits per heavy atom. The number of amides is 1. The number of para-hydroxylation sites is 1. The molecule has 0 fully saturated rings. The van der Waals surface area contributed by atoms with Crippen molar-refractivity contribution in [1.82, 2.24) is 15.5 Å². The number of carbonyl (C=O) groups excluding carboxylic acids is 1. The second-order valence-corrected chi connectivity index (χ2v) is 4.07. The number of nitrogens with one attached hydrogen (secondary N) is 1. The van der Waals surface area contributed by atoms with Crippen LogP contribution in [0.15, 0.2) is 28.8 Å². The van der Waals surface area contributed by atoms with Crippen LogP contribution in [0.5, 0.6) is 5.75 Å². The summed E-state index contributed by atoms with van der Waals surface area (Å²) in [5, 5.41) is 6.27. The zero-order valence-corrected chi connectivity index (χ0v) is 10.8. The van der Waals surface area contributed by atoms with Gasteiger partial charge in [-0.3, -0.25) is 4.79 Å². The van der Waals surface area contributed by atoms with E-state index in [9.17, 15) is 4.79 Å². The number of nitrogens with zero attached hydrogens (tertiary/aromatic N) is 2. The fourth-order valence-electron chi connectivity index (χ4n) is 1.50. The Hall–Kier alpha value is -2.37. The Morgan fingerprint density at radius 2 is 2.16 bits per heavy atom. The number of hydrogen-bond acceptors (Lipinski definition) is 5. The van der Waals surface area contributed by atoms with Crippen LogP contribution in [0.2, 0.25) is 0 Å². The van der Waals surface area contributed by atoms with Crippen molar-refractivity contribution in [3.05, 3.63) is 41.5 Å². The van der Waals surface area contributed by atoms with Gasteiger partial charge in [-0.15, -0.1) is 0 Å². The van der Waals surface area contributed by atoms with E-state index in [4.69, 9.17) is 9.26 Å². The van der Waals surface area contributed by atoms with Crippen molar-refractivity contribution in [2.75, 3.05) is 6.61 Å². The van der Waals surface area contributed by atoms with Crippen LogP contribution in [-0.4, -0.2) is 22.7 Å². The fourth-order valence-corrected chi connectivity index (χ4v) is 1.50. The largest absolute Gasteiger partial charge is 0.484 e. The van der Waals surface area contributed by atoms with Gasteiger partial charge in [-0.05, 0) is 25.5 Å². The first-order chi connectivity index (χ1) is 9.15. The van der Waals surface area contributed by atoms with Gasteiger partial charge in [0.1, 0.15) is 5.75 Å². The van der Waals surface area contributed by atoms with Crippen LogP contribution in [-0.2, 0) is 11.3 Å². The van der Waals surface area contributed by atoms with Crippen molar-refractivity contribution in [1.29, 1.82) is 0 Å². The molecule has 1 N–H and O–H groups in total. The highest BCUT2D eigenvalue weighted by molar-refractivity contribution is 5.77. The van der Waals surface area contributed by atoms with Gasteiger partial charge in [-0.25, -0.2) is 0 Å². The third kappa shape index (κ3) is 3.80. The lowest BCUT2D eigenvalue weighted by Gasteiger charge is -2.08. The number of hydrogen-bond donors (Lipinski definition) is 1. The molecular weight excluding hydrogens is 246 g/mol. The highest BCUT2D eigenvalue weighted by atomic mass is 16.5. The molecule has 0 spiro atoms. The average Bonchev–Trinajstić information content (AvgIpc) is 2.81. The number of ether oxygens (including phenoxy) is 1.